The number of rotatable bonds is 2. The van der Waals surface area contributed by atoms with E-state index >= 15 is 0 Å². The molecular formula is C15H12N2O3. The second kappa shape index (κ2) is 4.70. The van der Waals surface area contributed by atoms with Gasteiger partial charge in [0.1, 0.15) is 6.04 Å². The van der Waals surface area contributed by atoms with Gasteiger partial charge in [0.05, 0.1) is 16.9 Å². The van der Waals surface area contributed by atoms with Crippen molar-refractivity contribution in [2.24, 2.45) is 0 Å². The summed E-state index contributed by atoms with van der Waals surface area (Å²) in [6.07, 6.45) is 0. The molecule has 1 heterocycles. The lowest BCUT2D eigenvalue weighted by Gasteiger charge is -2.27. The summed E-state index contributed by atoms with van der Waals surface area (Å²) >= 11 is 0. The van der Waals surface area contributed by atoms with Crippen molar-refractivity contribution in [1.29, 1.82) is 0 Å². The molecule has 0 aromatic heterocycles. The fourth-order valence-corrected chi connectivity index (χ4v) is 2.21. The minimum atomic E-state index is -1.02. The van der Waals surface area contributed by atoms with Gasteiger partial charge < -0.3 is 15.7 Å². The van der Waals surface area contributed by atoms with Crippen LogP contribution in [-0.4, -0.2) is 17.0 Å². The Morgan fingerprint density at radius 1 is 1.05 bits per heavy atom. The maximum atomic E-state index is 12.1. The summed E-state index contributed by atoms with van der Waals surface area (Å²) < 4.78 is 0. The Balaban J connectivity index is 1.95. The molecule has 0 fully saturated rings. The number of benzene rings is 2. The summed E-state index contributed by atoms with van der Waals surface area (Å²) in [5.41, 5.74) is 2.20. The molecule has 2 aromatic carbocycles. The second-order valence-corrected chi connectivity index (χ2v) is 4.54. The van der Waals surface area contributed by atoms with Crippen LogP contribution in [0.2, 0.25) is 0 Å². The SMILES string of the molecule is O=C(O)c1ccc2c(c1)NC(=O)C(c1ccccc1)N2. The molecule has 0 saturated carbocycles. The van der Waals surface area contributed by atoms with Crippen LogP contribution in [0.15, 0.2) is 48.5 Å². The van der Waals surface area contributed by atoms with Gasteiger partial charge in [-0.15, -0.1) is 0 Å². The molecule has 1 aliphatic rings. The van der Waals surface area contributed by atoms with Crippen LogP contribution in [0.25, 0.3) is 0 Å². The predicted octanol–water partition coefficient (Wildman–Crippen LogP) is 2.49. The van der Waals surface area contributed by atoms with Crippen molar-refractivity contribution in [3.63, 3.8) is 0 Å². The third-order valence-corrected chi connectivity index (χ3v) is 3.22. The molecule has 0 bridgehead atoms. The highest BCUT2D eigenvalue weighted by molar-refractivity contribution is 6.04. The number of nitrogens with one attached hydrogen (secondary N) is 2. The van der Waals surface area contributed by atoms with Crippen LogP contribution in [0.3, 0.4) is 0 Å². The van der Waals surface area contributed by atoms with E-state index in [1.807, 2.05) is 30.3 Å². The van der Waals surface area contributed by atoms with Crippen molar-refractivity contribution in [1.82, 2.24) is 0 Å². The third kappa shape index (κ3) is 2.09. The number of carbonyl (C=O) groups is 2. The third-order valence-electron chi connectivity index (χ3n) is 3.22. The van der Waals surface area contributed by atoms with E-state index in [1.165, 1.54) is 12.1 Å². The van der Waals surface area contributed by atoms with E-state index in [9.17, 15) is 9.59 Å². The van der Waals surface area contributed by atoms with Crippen molar-refractivity contribution in [2.75, 3.05) is 10.6 Å². The first-order valence-electron chi connectivity index (χ1n) is 6.15. The van der Waals surface area contributed by atoms with Gasteiger partial charge in [0.2, 0.25) is 0 Å². The largest absolute Gasteiger partial charge is 0.478 e. The predicted molar refractivity (Wildman–Crippen MR) is 74.8 cm³/mol. The van der Waals surface area contributed by atoms with E-state index in [4.69, 9.17) is 5.11 Å². The second-order valence-electron chi connectivity index (χ2n) is 4.54. The zero-order valence-corrected chi connectivity index (χ0v) is 10.5. The fourth-order valence-electron chi connectivity index (χ4n) is 2.21. The van der Waals surface area contributed by atoms with Crippen LogP contribution in [-0.2, 0) is 4.79 Å². The summed E-state index contributed by atoms with van der Waals surface area (Å²) in [7, 11) is 0. The molecular weight excluding hydrogens is 256 g/mol. The average Bonchev–Trinajstić information content (AvgIpc) is 2.46. The number of hydrogen-bond donors (Lipinski definition) is 3. The maximum Gasteiger partial charge on any atom is 0.335 e. The van der Waals surface area contributed by atoms with Crippen molar-refractivity contribution in [3.05, 3.63) is 59.7 Å². The van der Waals surface area contributed by atoms with Crippen LogP contribution >= 0.6 is 0 Å². The molecule has 2 aromatic rings. The summed E-state index contributed by atoms with van der Waals surface area (Å²) in [5.74, 6) is -1.22. The van der Waals surface area contributed by atoms with Crippen LogP contribution < -0.4 is 10.6 Å². The van der Waals surface area contributed by atoms with Crippen LogP contribution in [0.5, 0.6) is 0 Å². The number of amides is 1. The van der Waals surface area contributed by atoms with Crippen LogP contribution in [0.1, 0.15) is 22.0 Å². The Kier molecular flexibility index (Phi) is 2.87. The molecule has 1 atom stereocenters. The number of carbonyl (C=O) groups excluding carboxylic acids is 1. The van der Waals surface area contributed by atoms with Gasteiger partial charge in [-0.25, -0.2) is 4.79 Å². The molecule has 0 spiro atoms. The molecule has 5 heteroatoms. The summed E-state index contributed by atoms with van der Waals surface area (Å²) in [6, 6.07) is 13.5. The van der Waals surface area contributed by atoms with Crippen LogP contribution in [0.4, 0.5) is 11.4 Å². The van der Waals surface area contributed by atoms with Gasteiger partial charge in [-0.3, -0.25) is 4.79 Å². The molecule has 1 unspecified atom stereocenters. The average molecular weight is 268 g/mol. The molecule has 1 amide bonds. The summed E-state index contributed by atoms with van der Waals surface area (Å²) in [4.78, 5) is 23.0. The van der Waals surface area contributed by atoms with Crippen molar-refractivity contribution in [2.45, 2.75) is 6.04 Å². The molecule has 0 aliphatic carbocycles. The lowest BCUT2D eigenvalue weighted by molar-refractivity contribution is -0.117. The Morgan fingerprint density at radius 2 is 1.80 bits per heavy atom. The number of hydrogen-bond acceptors (Lipinski definition) is 3. The van der Waals surface area contributed by atoms with Gasteiger partial charge in [0.15, 0.2) is 0 Å². The first-order valence-corrected chi connectivity index (χ1v) is 6.15. The van der Waals surface area contributed by atoms with E-state index in [0.717, 1.165) is 5.56 Å². The number of carboxylic acids is 1. The lowest BCUT2D eigenvalue weighted by Crippen LogP contribution is -2.32. The molecule has 20 heavy (non-hydrogen) atoms. The first-order chi connectivity index (χ1) is 9.65. The van der Waals surface area contributed by atoms with Crippen molar-refractivity contribution in [3.8, 4) is 0 Å². The van der Waals surface area contributed by atoms with Gasteiger partial charge in [0.25, 0.3) is 5.91 Å². The molecule has 5 nitrogen and oxygen atoms in total. The molecule has 0 saturated heterocycles. The Hall–Kier alpha value is -2.82. The van der Waals surface area contributed by atoms with E-state index in [0.29, 0.717) is 11.4 Å². The normalized spacial score (nSPS) is 16.8. The first kappa shape index (κ1) is 12.2. The Bertz CT molecular complexity index is 683. The van der Waals surface area contributed by atoms with E-state index < -0.39 is 12.0 Å². The molecule has 3 rings (SSSR count). The van der Waals surface area contributed by atoms with E-state index in [1.54, 1.807) is 6.07 Å². The van der Waals surface area contributed by atoms with Gasteiger partial charge in [-0.2, -0.15) is 0 Å². The number of carboxylic acid groups (broad SMARTS) is 1. The van der Waals surface area contributed by atoms with Crippen molar-refractivity contribution >= 4 is 23.3 Å². The topological polar surface area (TPSA) is 78.4 Å². The Labute approximate surface area is 115 Å². The zero-order chi connectivity index (χ0) is 14.1. The van der Waals surface area contributed by atoms with Gasteiger partial charge in [-0.1, -0.05) is 30.3 Å². The van der Waals surface area contributed by atoms with E-state index in [-0.39, 0.29) is 11.5 Å². The highest BCUT2D eigenvalue weighted by atomic mass is 16.4. The minimum absolute atomic E-state index is 0.143. The van der Waals surface area contributed by atoms with Gasteiger partial charge >= 0.3 is 5.97 Å². The summed E-state index contributed by atoms with van der Waals surface area (Å²) in [6.45, 7) is 0. The van der Waals surface area contributed by atoms with E-state index in [2.05, 4.69) is 10.6 Å². The zero-order valence-electron chi connectivity index (χ0n) is 10.5. The number of anilines is 2. The quantitative estimate of drug-likeness (QED) is 0.782. The Morgan fingerprint density at radius 3 is 2.50 bits per heavy atom. The summed E-state index contributed by atoms with van der Waals surface area (Å²) in [5, 5.41) is 14.8. The standard InChI is InChI=1S/C15H12N2O3/c18-14-13(9-4-2-1-3-5-9)16-11-7-6-10(15(19)20)8-12(11)17-14/h1-8,13,16H,(H,17,18)(H,19,20). The smallest absolute Gasteiger partial charge is 0.335 e. The molecule has 100 valence electrons. The molecule has 3 N–H and O–H groups in total. The minimum Gasteiger partial charge on any atom is -0.478 e. The number of aromatic carboxylic acids is 1. The number of fused-ring (bicyclic) bond motifs is 1. The van der Waals surface area contributed by atoms with Crippen molar-refractivity contribution < 1.29 is 14.7 Å². The molecule has 1 aliphatic heterocycles. The monoisotopic (exact) mass is 268 g/mol. The van der Waals surface area contributed by atoms with Gasteiger partial charge in [-0.05, 0) is 23.8 Å². The van der Waals surface area contributed by atoms with Gasteiger partial charge in [0, 0.05) is 0 Å². The maximum absolute atomic E-state index is 12.1. The highest BCUT2D eigenvalue weighted by Crippen LogP contribution is 2.32. The van der Waals surface area contributed by atoms with Crippen LogP contribution in [0, 0.1) is 0 Å². The fraction of sp³-hybridized carbons (Fsp3) is 0.0667. The lowest BCUT2D eigenvalue weighted by atomic mass is 10.0. The highest BCUT2D eigenvalue weighted by Gasteiger charge is 2.27. The molecule has 0 radical (unpaired) electrons.